The van der Waals surface area contributed by atoms with Crippen LogP contribution >= 0.6 is 0 Å². The van der Waals surface area contributed by atoms with Gasteiger partial charge in [-0.3, -0.25) is 4.79 Å². The van der Waals surface area contributed by atoms with Crippen LogP contribution in [-0.2, 0) is 9.53 Å². The number of alkyl carbamates (subject to hydrolysis) is 1. The van der Waals surface area contributed by atoms with Gasteiger partial charge in [0.15, 0.2) is 0 Å². The Labute approximate surface area is 114 Å². The molecule has 1 aliphatic carbocycles. The highest BCUT2D eigenvalue weighted by molar-refractivity contribution is 5.87. The van der Waals surface area contributed by atoms with Crippen LogP contribution in [0.25, 0.3) is 0 Å². The van der Waals surface area contributed by atoms with E-state index < -0.39 is 12.1 Å². The number of rotatable bonds is 4. The molecule has 1 N–H and O–H groups in total. The quantitative estimate of drug-likeness (QED) is 0.845. The normalized spacial score (nSPS) is 29.9. The maximum absolute atomic E-state index is 12.7. The number of piperidine rings is 1. The van der Waals surface area contributed by atoms with Crippen LogP contribution in [-0.4, -0.2) is 42.1 Å². The summed E-state index contributed by atoms with van der Waals surface area (Å²) in [6.07, 6.45) is 2.70. The van der Waals surface area contributed by atoms with Crippen molar-refractivity contribution >= 4 is 12.0 Å². The average molecular weight is 268 g/mol. The molecule has 1 heterocycles. The molecule has 1 saturated heterocycles. The van der Waals surface area contributed by atoms with Crippen molar-refractivity contribution in [3.05, 3.63) is 0 Å². The smallest absolute Gasteiger partial charge is 0.407 e. The molecule has 2 fully saturated rings. The summed E-state index contributed by atoms with van der Waals surface area (Å²) >= 11 is 0. The molecule has 5 nitrogen and oxygen atoms in total. The van der Waals surface area contributed by atoms with Gasteiger partial charge in [-0.25, -0.2) is 4.79 Å². The summed E-state index contributed by atoms with van der Waals surface area (Å²) < 4.78 is 4.61. The van der Waals surface area contributed by atoms with Gasteiger partial charge in [-0.2, -0.15) is 0 Å². The Bertz CT molecular complexity index is 370. The Kier molecular flexibility index (Phi) is 4.02. The summed E-state index contributed by atoms with van der Waals surface area (Å²) in [5.74, 6) is 0.805. The predicted molar refractivity (Wildman–Crippen MR) is 71.6 cm³/mol. The standard InChI is InChI=1S/C14H24N2O3/c1-5-10-6-9-7-11(9)16(10)13(17)12(8(2)3)15-14(18)19-4/h8-12H,5-7H2,1-4H3,(H,15,18). The van der Waals surface area contributed by atoms with Crippen LogP contribution in [0.3, 0.4) is 0 Å². The highest BCUT2D eigenvalue weighted by Gasteiger charge is 2.54. The van der Waals surface area contributed by atoms with Crippen LogP contribution < -0.4 is 5.32 Å². The molecule has 19 heavy (non-hydrogen) atoms. The van der Waals surface area contributed by atoms with Gasteiger partial charge in [0.05, 0.1) is 7.11 Å². The van der Waals surface area contributed by atoms with E-state index in [9.17, 15) is 9.59 Å². The molecule has 0 aromatic heterocycles. The minimum atomic E-state index is -0.536. The highest BCUT2D eigenvalue weighted by atomic mass is 16.5. The number of carbonyl (C=O) groups excluding carboxylic acids is 2. The van der Waals surface area contributed by atoms with E-state index in [0.29, 0.717) is 18.0 Å². The number of fused-ring (bicyclic) bond motifs is 1. The van der Waals surface area contributed by atoms with E-state index in [1.54, 1.807) is 0 Å². The fourth-order valence-corrected chi connectivity index (χ4v) is 3.13. The van der Waals surface area contributed by atoms with Gasteiger partial charge >= 0.3 is 6.09 Å². The van der Waals surface area contributed by atoms with Gasteiger partial charge < -0.3 is 15.0 Å². The summed E-state index contributed by atoms with van der Waals surface area (Å²) in [6.45, 7) is 6.01. The SMILES string of the molecule is CCC1CC2CC2N1C(=O)C(NC(=O)OC)C(C)C. The zero-order valence-electron chi connectivity index (χ0n) is 12.2. The second kappa shape index (κ2) is 5.39. The third-order valence-corrected chi connectivity index (χ3v) is 4.33. The van der Waals surface area contributed by atoms with Crippen LogP contribution in [0.5, 0.6) is 0 Å². The van der Waals surface area contributed by atoms with Gasteiger partial charge in [-0.05, 0) is 31.1 Å². The molecule has 0 aromatic carbocycles. The molecule has 0 radical (unpaired) electrons. The Balaban J connectivity index is 2.08. The lowest BCUT2D eigenvalue weighted by Crippen LogP contribution is -2.53. The molecular formula is C14H24N2O3. The van der Waals surface area contributed by atoms with Crippen LogP contribution in [0.2, 0.25) is 0 Å². The number of hydrogen-bond acceptors (Lipinski definition) is 3. The van der Waals surface area contributed by atoms with E-state index in [4.69, 9.17) is 0 Å². The van der Waals surface area contributed by atoms with Crippen molar-refractivity contribution in [3.8, 4) is 0 Å². The first-order valence-electron chi connectivity index (χ1n) is 7.16. The lowest BCUT2D eigenvalue weighted by Gasteiger charge is -2.32. The summed E-state index contributed by atoms with van der Waals surface area (Å²) in [6, 6.07) is 0.274. The molecule has 1 aliphatic heterocycles. The topological polar surface area (TPSA) is 58.6 Å². The number of methoxy groups -OCH3 is 1. The minimum Gasteiger partial charge on any atom is -0.453 e. The summed E-state index contributed by atoms with van der Waals surface area (Å²) in [4.78, 5) is 26.1. The van der Waals surface area contributed by atoms with Crippen molar-refractivity contribution in [2.24, 2.45) is 11.8 Å². The fraction of sp³-hybridized carbons (Fsp3) is 0.857. The van der Waals surface area contributed by atoms with Crippen LogP contribution in [0.15, 0.2) is 0 Å². The Morgan fingerprint density at radius 1 is 1.37 bits per heavy atom. The van der Waals surface area contributed by atoms with Crippen molar-refractivity contribution < 1.29 is 14.3 Å². The molecule has 4 unspecified atom stereocenters. The molecule has 4 atom stereocenters. The fourth-order valence-electron chi connectivity index (χ4n) is 3.13. The first-order chi connectivity index (χ1) is 8.99. The van der Waals surface area contributed by atoms with E-state index in [0.717, 1.165) is 19.3 Å². The Morgan fingerprint density at radius 2 is 2.05 bits per heavy atom. The molecule has 5 heteroatoms. The van der Waals surface area contributed by atoms with Gasteiger partial charge in [0.2, 0.25) is 5.91 Å². The van der Waals surface area contributed by atoms with Crippen molar-refractivity contribution in [1.29, 1.82) is 0 Å². The largest absolute Gasteiger partial charge is 0.453 e. The van der Waals surface area contributed by atoms with Gasteiger partial charge in [-0.15, -0.1) is 0 Å². The van der Waals surface area contributed by atoms with Crippen LogP contribution in [0.1, 0.15) is 40.0 Å². The van der Waals surface area contributed by atoms with Crippen molar-refractivity contribution in [2.75, 3.05) is 7.11 Å². The van der Waals surface area contributed by atoms with Crippen molar-refractivity contribution in [1.82, 2.24) is 10.2 Å². The lowest BCUT2D eigenvalue weighted by atomic mass is 10.0. The molecule has 0 aromatic rings. The number of ether oxygens (including phenoxy) is 1. The molecule has 2 aliphatic rings. The zero-order valence-corrected chi connectivity index (χ0v) is 12.2. The van der Waals surface area contributed by atoms with E-state index in [1.165, 1.54) is 7.11 Å². The molecule has 108 valence electrons. The van der Waals surface area contributed by atoms with Gasteiger partial charge in [0.1, 0.15) is 6.04 Å². The second-order valence-electron chi connectivity index (χ2n) is 5.96. The van der Waals surface area contributed by atoms with E-state index in [1.807, 2.05) is 18.7 Å². The number of likely N-dealkylation sites (tertiary alicyclic amines) is 1. The highest BCUT2D eigenvalue weighted by Crippen LogP contribution is 2.48. The molecule has 2 amide bonds. The first kappa shape index (κ1) is 14.2. The van der Waals surface area contributed by atoms with Crippen molar-refractivity contribution in [3.63, 3.8) is 0 Å². The lowest BCUT2D eigenvalue weighted by molar-refractivity contribution is -0.136. The number of amides is 2. The summed E-state index contributed by atoms with van der Waals surface area (Å²) in [5.41, 5.74) is 0. The summed E-state index contributed by atoms with van der Waals surface area (Å²) in [7, 11) is 1.32. The maximum atomic E-state index is 12.7. The number of carbonyl (C=O) groups is 2. The number of nitrogens with zero attached hydrogens (tertiary/aromatic N) is 1. The number of hydrogen-bond donors (Lipinski definition) is 1. The van der Waals surface area contributed by atoms with E-state index in [2.05, 4.69) is 17.0 Å². The summed E-state index contributed by atoms with van der Waals surface area (Å²) in [5, 5.41) is 2.67. The van der Waals surface area contributed by atoms with Gasteiger partial charge in [0.25, 0.3) is 0 Å². The molecule has 1 saturated carbocycles. The third kappa shape index (κ3) is 2.69. The third-order valence-electron chi connectivity index (χ3n) is 4.33. The monoisotopic (exact) mass is 268 g/mol. The molecule has 2 rings (SSSR count). The Morgan fingerprint density at radius 3 is 2.58 bits per heavy atom. The van der Waals surface area contributed by atoms with Gasteiger partial charge in [0, 0.05) is 12.1 Å². The first-order valence-corrected chi connectivity index (χ1v) is 7.16. The predicted octanol–water partition coefficient (Wildman–Crippen LogP) is 1.77. The van der Waals surface area contributed by atoms with Crippen LogP contribution in [0.4, 0.5) is 4.79 Å². The van der Waals surface area contributed by atoms with Crippen LogP contribution in [0, 0.1) is 11.8 Å². The zero-order chi connectivity index (χ0) is 14.2. The molecule has 0 bridgehead atoms. The van der Waals surface area contributed by atoms with Crippen molar-refractivity contribution in [2.45, 2.75) is 58.2 Å². The minimum absolute atomic E-state index is 0.0530. The van der Waals surface area contributed by atoms with Gasteiger partial charge in [-0.1, -0.05) is 20.8 Å². The molecule has 0 spiro atoms. The van der Waals surface area contributed by atoms with E-state index in [-0.39, 0.29) is 11.8 Å². The number of nitrogens with one attached hydrogen (secondary N) is 1. The van der Waals surface area contributed by atoms with E-state index >= 15 is 0 Å². The second-order valence-corrected chi connectivity index (χ2v) is 5.96. The Hall–Kier alpha value is -1.26. The average Bonchev–Trinajstić information content (AvgIpc) is 3.05. The molecular weight excluding hydrogens is 244 g/mol. The maximum Gasteiger partial charge on any atom is 0.407 e.